The monoisotopic (exact) mass is 254 g/mol. The highest BCUT2D eigenvalue weighted by Crippen LogP contribution is 2.17. The number of benzene rings is 1. The van der Waals surface area contributed by atoms with Gasteiger partial charge in [0.05, 0.1) is 0 Å². The lowest BCUT2D eigenvalue weighted by Crippen LogP contribution is -2.49. The third kappa shape index (κ3) is 3.72. The van der Waals surface area contributed by atoms with E-state index in [1.54, 1.807) is 0 Å². The molecule has 0 unspecified atom stereocenters. The summed E-state index contributed by atoms with van der Waals surface area (Å²) in [5, 5.41) is 3.02. The molecule has 2 atom stereocenters. The van der Waals surface area contributed by atoms with Crippen molar-refractivity contribution in [2.24, 2.45) is 5.73 Å². The summed E-state index contributed by atoms with van der Waals surface area (Å²) in [4.78, 5) is 11.9. The Labute approximate surface area is 108 Å². The van der Waals surface area contributed by atoms with Crippen molar-refractivity contribution in [1.82, 2.24) is 5.32 Å². The van der Waals surface area contributed by atoms with Crippen LogP contribution in [-0.2, 0) is 0 Å². The second-order valence-electron chi connectivity index (χ2n) is 4.39. The Morgan fingerprint density at radius 2 is 1.82 bits per heavy atom. The number of hydrogen-bond donors (Lipinski definition) is 2. The fourth-order valence-corrected chi connectivity index (χ4v) is 2.18. The molecule has 1 aliphatic rings. The van der Waals surface area contributed by atoms with Gasteiger partial charge in [-0.05, 0) is 25.0 Å². The first-order valence-corrected chi connectivity index (χ1v) is 5.89. The van der Waals surface area contributed by atoms with Crippen LogP contribution in [-0.4, -0.2) is 18.0 Å². The van der Waals surface area contributed by atoms with Crippen molar-refractivity contribution in [3.63, 3.8) is 0 Å². The molecule has 0 saturated heterocycles. The van der Waals surface area contributed by atoms with E-state index in [0.717, 1.165) is 19.3 Å². The molecule has 4 heteroatoms. The van der Waals surface area contributed by atoms with E-state index in [-0.39, 0.29) is 30.4 Å². The van der Waals surface area contributed by atoms with Gasteiger partial charge in [-0.3, -0.25) is 4.79 Å². The first kappa shape index (κ1) is 14.0. The van der Waals surface area contributed by atoms with Crippen LogP contribution in [0.4, 0.5) is 0 Å². The Morgan fingerprint density at radius 1 is 1.18 bits per heavy atom. The normalized spacial score (nSPS) is 23.6. The van der Waals surface area contributed by atoms with Crippen molar-refractivity contribution in [2.45, 2.75) is 37.8 Å². The number of carbonyl (C=O) groups is 1. The maximum Gasteiger partial charge on any atom is 0.251 e. The number of nitrogens with two attached hydrogens (primary N) is 1. The topological polar surface area (TPSA) is 55.1 Å². The molecule has 1 amide bonds. The van der Waals surface area contributed by atoms with E-state index in [2.05, 4.69) is 5.32 Å². The molecule has 0 bridgehead atoms. The molecule has 1 aromatic carbocycles. The van der Waals surface area contributed by atoms with Crippen molar-refractivity contribution in [3.8, 4) is 0 Å². The highest BCUT2D eigenvalue weighted by atomic mass is 35.5. The minimum Gasteiger partial charge on any atom is -0.348 e. The molecule has 0 heterocycles. The highest BCUT2D eigenvalue weighted by Gasteiger charge is 2.23. The van der Waals surface area contributed by atoms with Crippen molar-refractivity contribution in [3.05, 3.63) is 35.9 Å². The van der Waals surface area contributed by atoms with E-state index in [1.165, 1.54) is 6.42 Å². The van der Waals surface area contributed by atoms with Crippen LogP contribution in [0, 0.1) is 0 Å². The van der Waals surface area contributed by atoms with Crippen LogP contribution in [0.25, 0.3) is 0 Å². The van der Waals surface area contributed by atoms with E-state index < -0.39 is 0 Å². The number of rotatable bonds is 2. The third-order valence-corrected chi connectivity index (χ3v) is 3.17. The van der Waals surface area contributed by atoms with Gasteiger partial charge < -0.3 is 11.1 Å². The summed E-state index contributed by atoms with van der Waals surface area (Å²) in [6, 6.07) is 9.55. The van der Waals surface area contributed by atoms with Gasteiger partial charge in [-0.25, -0.2) is 0 Å². The molecule has 3 N–H and O–H groups in total. The summed E-state index contributed by atoms with van der Waals surface area (Å²) in [7, 11) is 0. The molecule has 3 nitrogen and oxygen atoms in total. The summed E-state index contributed by atoms with van der Waals surface area (Å²) in [5.41, 5.74) is 6.70. The van der Waals surface area contributed by atoms with Crippen LogP contribution in [0.1, 0.15) is 36.0 Å². The lowest BCUT2D eigenvalue weighted by molar-refractivity contribution is 0.0921. The molecular weight excluding hydrogens is 236 g/mol. The first-order valence-electron chi connectivity index (χ1n) is 5.89. The molecule has 0 aromatic heterocycles. The second kappa shape index (κ2) is 6.62. The SMILES string of the molecule is Cl.N[C@@H]1CCCC[C@H]1NC(=O)c1ccccc1. The molecule has 0 radical (unpaired) electrons. The van der Waals surface area contributed by atoms with Crippen molar-refractivity contribution < 1.29 is 4.79 Å². The van der Waals surface area contributed by atoms with Gasteiger partial charge in [0, 0.05) is 17.6 Å². The summed E-state index contributed by atoms with van der Waals surface area (Å²) >= 11 is 0. The van der Waals surface area contributed by atoms with Gasteiger partial charge in [0.25, 0.3) is 5.91 Å². The van der Waals surface area contributed by atoms with E-state index in [4.69, 9.17) is 5.73 Å². The van der Waals surface area contributed by atoms with Gasteiger partial charge in [-0.15, -0.1) is 12.4 Å². The fourth-order valence-electron chi connectivity index (χ4n) is 2.18. The number of halogens is 1. The molecule has 1 aromatic rings. The Hall–Kier alpha value is -1.06. The molecule has 1 aliphatic carbocycles. The molecular formula is C13H19ClN2O. The maximum absolute atomic E-state index is 11.9. The predicted octanol–water partition coefficient (Wildman–Crippen LogP) is 2.11. The zero-order valence-corrected chi connectivity index (χ0v) is 10.6. The lowest BCUT2D eigenvalue weighted by Gasteiger charge is -2.29. The number of hydrogen-bond acceptors (Lipinski definition) is 2. The maximum atomic E-state index is 11.9. The van der Waals surface area contributed by atoms with Gasteiger partial charge in [0.1, 0.15) is 0 Å². The third-order valence-electron chi connectivity index (χ3n) is 3.17. The summed E-state index contributed by atoms with van der Waals surface area (Å²) in [6.07, 6.45) is 4.35. The van der Waals surface area contributed by atoms with Crippen molar-refractivity contribution >= 4 is 18.3 Å². The van der Waals surface area contributed by atoms with Gasteiger partial charge in [-0.1, -0.05) is 31.0 Å². The minimum atomic E-state index is -0.0112. The van der Waals surface area contributed by atoms with Crippen LogP contribution >= 0.6 is 12.4 Å². The second-order valence-corrected chi connectivity index (χ2v) is 4.39. The quantitative estimate of drug-likeness (QED) is 0.849. The predicted molar refractivity (Wildman–Crippen MR) is 71.4 cm³/mol. The van der Waals surface area contributed by atoms with Gasteiger partial charge in [0.15, 0.2) is 0 Å². The van der Waals surface area contributed by atoms with Crippen LogP contribution in [0.2, 0.25) is 0 Å². The molecule has 0 aliphatic heterocycles. The number of carbonyl (C=O) groups excluding carboxylic acids is 1. The summed E-state index contributed by atoms with van der Waals surface area (Å²) in [5.74, 6) is -0.0112. The molecule has 0 spiro atoms. The average molecular weight is 255 g/mol. The van der Waals surface area contributed by atoms with Crippen molar-refractivity contribution in [2.75, 3.05) is 0 Å². The molecule has 1 fully saturated rings. The lowest BCUT2D eigenvalue weighted by atomic mass is 9.91. The fraction of sp³-hybridized carbons (Fsp3) is 0.462. The summed E-state index contributed by atoms with van der Waals surface area (Å²) < 4.78 is 0. The summed E-state index contributed by atoms with van der Waals surface area (Å²) in [6.45, 7) is 0. The van der Waals surface area contributed by atoms with E-state index in [1.807, 2.05) is 30.3 Å². The number of amides is 1. The Bertz CT molecular complexity index is 356. The molecule has 2 rings (SSSR count). The standard InChI is InChI=1S/C13H18N2O.ClH/c14-11-8-4-5-9-12(11)15-13(16)10-6-2-1-3-7-10;/h1-3,6-7,11-12H,4-5,8-9,14H2,(H,15,16);1H/t11-,12-;/m1./s1. The van der Waals surface area contributed by atoms with E-state index in [9.17, 15) is 4.79 Å². The zero-order valence-electron chi connectivity index (χ0n) is 9.76. The van der Waals surface area contributed by atoms with Gasteiger partial charge >= 0.3 is 0 Å². The molecule has 94 valence electrons. The van der Waals surface area contributed by atoms with Crippen LogP contribution < -0.4 is 11.1 Å². The zero-order chi connectivity index (χ0) is 11.4. The minimum absolute atomic E-state index is 0. The molecule has 17 heavy (non-hydrogen) atoms. The molecule has 1 saturated carbocycles. The smallest absolute Gasteiger partial charge is 0.251 e. The first-order chi connectivity index (χ1) is 7.77. The largest absolute Gasteiger partial charge is 0.348 e. The van der Waals surface area contributed by atoms with E-state index in [0.29, 0.717) is 5.56 Å². The van der Waals surface area contributed by atoms with Crippen LogP contribution in [0.3, 0.4) is 0 Å². The Balaban J connectivity index is 0.00000144. The van der Waals surface area contributed by atoms with Gasteiger partial charge in [0.2, 0.25) is 0 Å². The highest BCUT2D eigenvalue weighted by molar-refractivity contribution is 5.94. The van der Waals surface area contributed by atoms with Crippen molar-refractivity contribution in [1.29, 1.82) is 0 Å². The Kier molecular flexibility index (Phi) is 5.45. The van der Waals surface area contributed by atoms with Crippen LogP contribution in [0.15, 0.2) is 30.3 Å². The van der Waals surface area contributed by atoms with E-state index >= 15 is 0 Å². The Morgan fingerprint density at radius 3 is 2.47 bits per heavy atom. The number of nitrogens with one attached hydrogen (secondary N) is 1. The average Bonchev–Trinajstić information content (AvgIpc) is 2.33. The van der Waals surface area contributed by atoms with Gasteiger partial charge in [-0.2, -0.15) is 0 Å². The van der Waals surface area contributed by atoms with Crippen LogP contribution in [0.5, 0.6) is 0 Å².